The second-order valence-corrected chi connectivity index (χ2v) is 1.32. The fourth-order valence-corrected chi connectivity index (χ4v) is 0.360. The summed E-state index contributed by atoms with van der Waals surface area (Å²) in [6, 6.07) is -0.481. The summed E-state index contributed by atoms with van der Waals surface area (Å²) in [7, 11) is 0. The zero-order valence-electron chi connectivity index (χ0n) is 3.21. The highest BCUT2D eigenvalue weighted by atomic mass is 32.1. The van der Waals surface area contributed by atoms with Crippen LogP contribution >= 0.6 is 12.2 Å². The highest BCUT2D eigenvalue weighted by Crippen LogP contribution is 1.89. The number of carbonyl (C=O) groups excluding carboxylic acids is 1. The number of nitrogens with one attached hydrogen (secondary N) is 1. The summed E-state index contributed by atoms with van der Waals surface area (Å²) < 4.78 is 0. The summed E-state index contributed by atoms with van der Waals surface area (Å²) in [6.07, 6.45) is 0. The van der Waals surface area contributed by atoms with Crippen molar-refractivity contribution in [3.05, 3.63) is 0 Å². The molecule has 0 saturated carbocycles. The van der Waals surface area contributed by atoms with Crippen LogP contribution in [0.5, 0.6) is 0 Å². The van der Waals surface area contributed by atoms with Gasteiger partial charge in [0, 0.05) is 0 Å². The molecule has 0 bridgehead atoms. The van der Waals surface area contributed by atoms with Gasteiger partial charge in [-0.05, 0) is 12.2 Å². The van der Waals surface area contributed by atoms with E-state index >= 15 is 0 Å². The number of rotatable bonds is 0. The molecule has 36 valence electrons. The molecule has 2 amide bonds. The molecular weight excluding hydrogens is 114 g/mol. The largest absolute Gasteiger partial charge is 0.365 e. The van der Waals surface area contributed by atoms with Crippen LogP contribution in [0.25, 0.3) is 0 Å². The van der Waals surface area contributed by atoms with E-state index in [2.05, 4.69) is 27.8 Å². The Labute approximate surface area is 44.6 Å². The molecule has 5 heteroatoms. The molecule has 0 atom stereocenters. The van der Waals surface area contributed by atoms with Gasteiger partial charge in [0.15, 0.2) is 0 Å². The minimum Gasteiger partial charge on any atom is -0.278 e. The van der Waals surface area contributed by atoms with Gasteiger partial charge < -0.3 is 0 Å². The number of amides is 2. The Morgan fingerprint density at radius 1 is 1.57 bits per heavy atom. The minimum absolute atomic E-state index is 0.144. The maximum atomic E-state index is 9.99. The third-order valence-corrected chi connectivity index (χ3v) is 0.629. The van der Waals surface area contributed by atoms with Crippen LogP contribution in [0, 0.1) is 0 Å². The van der Waals surface area contributed by atoms with Crippen LogP contribution in [0.15, 0.2) is 10.2 Å². The van der Waals surface area contributed by atoms with Gasteiger partial charge in [0.2, 0.25) is 5.11 Å². The molecule has 0 aliphatic carbocycles. The van der Waals surface area contributed by atoms with Gasteiger partial charge in [-0.25, -0.2) is 4.79 Å². The van der Waals surface area contributed by atoms with Gasteiger partial charge in [0.1, 0.15) is 0 Å². The molecule has 4 nitrogen and oxygen atoms in total. The molecule has 7 heavy (non-hydrogen) atoms. The van der Waals surface area contributed by atoms with Crippen molar-refractivity contribution in [2.45, 2.75) is 0 Å². The quantitative estimate of drug-likeness (QED) is 0.466. The maximum Gasteiger partial charge on any atom is 0.365 e. The zero-order chi connectivity index (χ0) is 5.28. The van der Waals surface area contributed by atoms with Crippen LogP contribution < -0.4 is 5.32 Å². The second kappa shape index (κ2) is 1.34. The van der Waals surface area contributed by atoms with Crippen LogP contribution in [0.4, 0.5) is 4.79 Å². The number of urea groups is 1. The molecule has 1 N–H and O–H groups in total. The van der Waals surface area contributed by atoms with Gasteiger partial charge in [-0.2, -0.15) is 0 Å². The number of thiocarbonyl (C=S) groups is 1. The molecule has 0 aromatic carbocycles. The normalized spacial score (nSPS) is 17.7. The van der Waals surface area contributed by atoms with Gasteiger partial charge in [-0.3, -0.25) is 5.32 Å². The number of hydrogen-bond donors (Lipinski definition) is 1. The average Bonchev–Trinajstić information content (AvgIpc) is 1.87. The van der Waals surface area contributed by atoms with Crippen molar-refractivity contribution >= 4 is 23.4 Å². The lowest BCUT2D eigenvalue weighted by atomic mass is 11.0. The van der Waals surface area contributed by atoms with E-state index in [-0.39, 0.29) is 5.11 Å². The minimum atomic E-state index is -0.481. The first-order valence-electron chi connectivity index (χ1n) is 1.56. The van der Waals surface area contributed by atoms with Crippen LogP contribution in [-0.4, -0.2) is 11.1 Å². The van der Waals surface area contributed by atoms with Gasteiger partial charge in [-0.15, -0.1) is 5.11 Å². The van der Waals surface area contributed by atoms with E-state index in [0.717, 1.165) is 0 Å². The predicted molar refractivity (Wildman–Crippen MR) is 26.0 cm³/mol. The van der Waals surface area contributed by atoms with E-state index in [4.69, 9.17) is 0 Å². The molecule has 0 aromatic rings. The Morgan fingerprint density at radius 3 is 2.43 bits per heavy atom. The number of carbonyl (C=O) groups is 1. The molecule has 1 rings (SSSR count). The van der Waals surface area contributed by atoms with E-state index in [9.17, 15) is 4.79 Å². The molecule has 1 aliphatic heterocycles. The van der Waals surface area contributed by atoms with Crippen molar-refractivity contribution in [2.24, 2.45) is 10.2 Å². The van der Waals surface area contributed by atoms with E-state index in [1.54, 1.807) is 0 Å². The van der Waals surface area contributed by atoms with Crippen molar-refractivity contribution < 1.29 is 4.79 Å². The highest BCUT2D eigenvalue weighted by molar-refractivity contribution is 7.80. The van der Waals surface area contributed by atoms with Gasteiger partial charge in [0.25, 0.3) is 0 Å². The molecule has 0 radical (unpaired) electrons. The average molecular weight is 115 g/mol. The van der Waals surface area contributed by atoms with Crippen LogP contribution in [0.3, 0.4) is 0 Å². The molecule has 0 saturated heterocycles. The predicted octanol–water partition coefficient (Wildman–Crippen LogP) is 0.447. The molecule has 1 heterocycles. The number of nitrogens with zero attached hydrogens (tertiary/aromatic N) is 2. The molecule has 0 fully saturated rings. The fraction of sp³-hybridized carbons (Fsp3) is 0. The molecule has 0 unspecified atom stereocenters. The van der Waals surface area contributed by atoms with Crippen LogP contribution in [0.2, 0.25) is 0 Å². The summed E-state index contributed by atoms with van der Waals surface area (Å²) >= 11 is 4.40. The van der Waals surface area contributed by atoms with Crippen molar-refractivity contribution in [3.63, 3.8) is 0 Å². The lowest BCUT2D eigenvalue weighted by molar-refractivity contribution is 0.254. The van der Waals surface area contributed by atoms with Gasteiger partial charge >= 0.3 is 6.03 Å². The fourth-order valence-electron chi connectivity index (χ4n) is 0.232. The highest BCUT2D eigenvalue weighted by Gasteiger charge is 2.07. The molecule has 0 aromatic heterocycles. The van der Waals surface area contributed by atoms with E-state index in [0.29, 0.717) is 0 Å². The number of azo groups is 1. The third kappa shape index (κ3) is 0.774. The van der Waals surface area contributed by atoms with E-state index in [1.807, 2.05) is 0 Å². The molecule has 1 aliphatic rings. The van der Waals surface area contributed by atoms with Crippen molar-refractivity contribution in [3.8, 4) is 0 Å². The summed E-state index contributed by atoms with van der Waals surface area (Å²) in [5.41, 5.74) is 0. The van der Waals surface area contributed by atoms with Crippen molar-refractivity contribution in [1.82, 2.24) is 5.32 Å². The van der Waals surface area contributed by atoms with Crippen molar-refractivity contribution in [1.29, 1.82) is 0 Å². The van der Waals surface area contributed by atoms with E-state index < -0.39 is 6.03 Å². The summed E-state index contributed by atoms with van der Waals surface area (Å²) in [6.45, 7) is 0. The molecular formula is C2HN3OS. The van der Waals surface area contributed by atoms with Crippen LogP contribution in [0.1, 0.15) is 0 Å². The Morgan fingerprint density at radius 2 is 2.29 bits per heavy atom. The van der Waals surface area contributed by atoms with Gasteiger partial charge in [0.05, 0.1) is 0 Å². The maximum absolute atomic E-state index is 9.99. The van der Waals surface area contributed by atoms with Crippen LogP contribution in [-0.2, 0) is 0 Å². The first-order valence-corrected chi connectivity index (χ1v) is 1.96. The Kier molecular flexibility index (Phi) is 0.828. The van der Waals surface area contributed by atoms with Gasteiger partial charge in [-0.1, -0.05) is 5.11 Å². The summed E-state index contributed by atoms with van der Waals surface area (Å²) in [5.74, 6) is 0. The smallest absolute Gasteiger partial charge is 0.278 e. The Balaban J connectivity index is 2.76. The Hall–Kier alpha value is -0.840. The van der Waals surface area contributed by atoms with E-state index in [1.165, 1.54) is 0 Å². The second-order valence-electron chi connectivity index (χ2n) is 0.935. The summed E-state index contributed by atoms with van der Waals surface area (Å²) in [4.78, 5) is 9.99. The Bertz CT molecular complexity index is 135. The topological polar surface area (TPSA) is 53.8 Å². The lowest BCUT2D eigenvalue weighted by Crippen LogP contribution is -2.16. The SMILES string of the molecule is O=C1N=NC(=S)N1. The zero-order valence-corrected chi connectivity index (χ0v) is 4.03. The number of hydrogen-bond acceptors (Lipinski definition) is 2. The lowest BCUT2D eigenvalue weighted by Gasteiger charge is -1.77. The first-order chi connectivity index (χ1) is 3.29. The first kappa shape index (κ1) is 4.32. The standard InChI is InChI=1S/C2HN3OS/c6-1-3-2(7)5-4-1/h(H,3,6,7). The monoisotopic (exact) mass is 115 g/mol. The van der Waals surface area contributed by atoms with Crippen molar-refractivity contribution in [2.75, 3.05) is 0 Å². The summed E-state index contributed by atoms with van der Waals surface area (Å²) in [5, 5.41) is 8.58. The molecule has 0 spiro atoms. The third-order valence-electron chi connectivity index (χ3n) is 0.446.